The fourth-order valence-electron chi connectivity index (χ4n) is 6.85. The van der Waals surface area contributed by atoms with Crippen LogP contribution in [0, 0.1) is 0 Å². The summed E-state index contributed by atoms with van der Waals surface area (Å²) in [6, 6.07) is 0. The van der Waals surface area contributed by atoms with Crippen molar-refractivity contribution in [3.8, 4) is 0 Å². The first-order valence-corrected chi connectivity index (χ1v) is 25.8. The van der Waals surface area contributed by atoms with Gasteiger partial charge in [0, 0.05) is 19.4 Å². The highest BCUT2D eigenvalue weighted by Crippen LogP contribution is 2.14. The van der Waals surface area contributed by atoms with Crippen molar-refractivity contribution < 1.29 is 23.8 Å². The van der Waals surface area contributed by atoms with E-state index in [1.165, 1.54) is 89.9 Å². The number of unbranched alkanes of at least 4 members (excludes halogenated alkanes) is 19. The minimum Gasteiger partial charge on any atom is -0.462 e. The van der Waals surface area contributed by atoms with Crippen molar-refractivity contribution in [1.82, 2.24) is 0 Å². The Morgan fingerprint density at radius 2 is 0.742 bits per heavy atom. The third-order valence-electron chi connectivity index (χ3n) is 10.6. The smallest absolute Gasteiger partial charge is 0.306 e. The summed E-state index contributed by atoms with van der Waals surface area (Å²) in [5.74, 6) is -0.499. The molecule has 0 spiro atoms. The van der Waals surface area contributed by atoms with Crippen molar-refractivity contribution in [3.05, 3.63) is 97.2 Å². The van der Waals surface area contributed by atoms with Crippen LogP contribution in [0.15, 0.2) is 97.2 Å². The van der Waals surface area contributed by atoms with Crippen molar-refractivity contribution in [2.75, 3.05) is 19.8 Å². The Morgan fingerprint density at radius 1 is 0.371 bits per heavy atom. The van der Waals surface area contributed by atoms with E-state index in [9.17, 15) is 9.59 Å². The van der Waals surface area contributed by atoms with Crippen LogP contribution in [0.5, 0.6) is 0 Å². The maximum Gasteiger partial charge on any atom is 0.306 e. The lowest BCUT2D eigenvalue weighted by Crippen LogP contribution is -2.30. The van der Waals surface area contributed by atoms with Gasteiger partial charge in [-0.2, -0.15) is 0 Å². The van der Waals surface area contributed by atoms with Crippen molar-refractivity contribution in [2.24, 2.45) is 0 Å². The SMILES string of the molecule is CC/C=C\C/C=C\C/C=C\C/C=C\C/C=C\CCCC(=O)OCC(COCCCCCCCCCCCCCCCCCC)OC(=O)CCCCC/C=C\C/C=C\C/C=C\CC. The molecule has 0 saturated heterocycles. The van der Waals surface area contributed by atoms with Crippen LogP contribution < -0.4 is 0 Å². The summed E-state index contributed by atoms with van der Waals surface area (Å²) in [5, 5.41) is 0. The Hall–Kier alpha value is -3.18. The van der Waals surface area contributed by atoms with Crippen molar-refractivity contribution >= 4 is 11.9 Å². The lowest BCUT2D eigenvalue weighted by Gasteiger charge is -2.18. The molecule has 62 heavy (non-hydrogen) atoms. The molecule has 0 fully saturated rings. The Morgan fingerprint density at radius 3 is 1.19 bits per heavy atom. The van der Waals surface area contributed by atoms with E-state index in [-0.39, 0.29) is 25.2 Å². The number of esters is 2. The minimum atomic E-state index is -0.577. The maximum atomic E-state index is 12.8. The number of allylic oxidation sites excluding steroid dienone is 16. The van der Waals surface area contributed by atoms with E-state index in [4.69, 9.17) is 14.2 Å². The van der Waals surface area contributed by atoms with Gasteiger partial charge in [-0.05, 0) is 89.9 Å². The fraction of sp³-hybridized carbons (Fsp3) is 0.684. The predicted octanol–water partition coefficient (Wildman–Crippen LogP) is 17.5. The first kappa shape index (κ1) is 58.8. The molecule has 1 atom stereocenters. The standard InChI is InChI=1S/C57H96O5/c1-4-7-10-13-16-19-22-25-27-29-30-33-35-38-41-44-47-50-56(58)61-54-55(62-57(59)51-48-45-42-39-36-32-24-21-18-15-12-9-6-3)53-60-52-49-46-43-40-37-34-31-28-26-23-20-17-14-11-8-5-2/h7,9-10,12,16,18-19,21,25,27,30,32-33,36,38,41,55H,4-6,8,11,13-15,17,20,22-24,26,28-29,31,34-35,37,39-40,42-54H2,1-3H3/b10-7-,12-9-,19-16-,21-18-,27-25-,33-30-,36-32-,41-38-. The first-order chi connectivity index (χ1) is 30.6. The van der Waals surface area contributed by atoms with Gasteiger partial charge in [-0.15, -0.1) is 0 Å². The zero-order valence-electron chi connectivity index (χ0n) is 40.6. The van der Waals surface area contributed by atoms with E-state index in [0.717, 1.165) is 103 Å². The third kappa shape index (κ3) is 49.5. The molecule has 0 bridgehead atoms. The van der Waals surface area contributed by atoms with Gasteiger partial charge in [0.05, 0.1) is 6.61 Å². The summed E-state index contributed by atoms with van der Waals surface area (Å²) in [6.45, 7) is 7.52. The van der Waals surface area contributed by atoms with Crippen LogP contribution >= 0.6 is 0 Å². The number of hydrogen-bond acceptors (Lipinski definition) is 5. The maximum absolute atomic E-state index is 12.8. The van der Waals surface area contributed by atoms with E-state index in [0.29, 0.717) is 19.4 Å². The molecule has 5 heteroatoms. The molecule has 0 aliphatic carbocycles. The molecular formula is C57H96O5. The highest BCUT2D eigenvalue weighted by molar-refractivity contribution is 5.70. The van der Waals surface area contributed by atoms with Crippen LogP contribution in [0.2, 0.25) is 0 Å². The Labute approximate surface area is 383 Å². The van der Waals surface area contributed by atoms with Crippen LogP contribution in [0.3, 0.4) is 0 Å². The molecule has 0 heterocycles. The lowest BCUT2D eigenvalue weighted by atomic mass is 10.0. The van der Waals surface area contributed by atoms with E-state index < -0.39 is 6.10 Å². The molecule has 0 rings (SSSR count). The normalized spacial score (nSPS) is 13.0. The topological polar surface area (TPSA) is 61.8 Å². The highest BCUT2D eigenvalue weighted by Gasteiger charge is 2.17. The molecule has 0 aromatic heterocycles. The molecule has 0 aliphatic heterocycles. The first-order valence-electron chi connectivity index (χ1n) is 25.8. The lowest BCUT2D eigenvalue weighted by molar-refractivity contribution is -0.163. The summed E-state index contributed by atoms with van der Waals surface area (Å²) >= 11 is 0. The molecule has 1 unspecified atom stereocenters. The van der Waals surface area contributed by atoms with Crippen LogP contribution in [-0.2, 0) is 23.8 Å². The molecule has 0 saturated carbocycles. The Bertz CT molecular complexity index is 1200. The second-order valence-electron chi connectivity index (χ2n) is 16.7. The molecule has 0 amide bonds. The summed E-state index contributed by atoms with van der Waals surface area (Å²) in [4.78, 5) is 25.4. The van der Waals surface area contributed by atoms with E-state index in [2.05, 4.69) is 118 Å². The molecule has 5 nitrogen and oxygen atoms in total. The molecule has 0 radical (unpaired) electrons. The average Bonchev–Trinajstić information content (AvgIpc) is 3.27. The zero-order chi connectivity index (χ0) is 44.9. The predicted molar refractivity (Wildman–Crippen MR) is 270 cm³/mol. The van der Waals surface area contributed by atoms with Crippen LogP contribution in [0.25, 0.3) is 0 Å². The van der Waals surface area contributed by atoms with Crippen molar-refractivity contribution in [3.63, 3.8) is 0 Å². The minimum absolute atomic E-state index is 0.0410. The highest BCUT2D eigenvalue weighted by atomic mass is 16.6. The number of carbonyl (C=O) groups is 2. The van der Waals surface area contributed by atoms with Gasteiger partial charge < -0.3 is 14.2 Å². The van der Waals surface area contributed by atoms with E-state index in [1.807, 2.05) is 0 Å². The van der Waals surface area contributed by atoms with Gasteiger partial charge in [-0.25, -0.2) is 0 Å². The van der Waals surface area contributed by atoms with Gasteiger partial charge >= 0.3 is 11.9 Å². The van der Waals surface area contributed by atoms with Crippen LogP contribution in [0.1, 0.15) is 226 Å². The second-order valence-corrected chi connectivity index (χ2v) is 16.7. The summed E-state index contributed by atoms with van der Waals surface area (Å²) in [5.41, 5.74) is 0. The number of ether oxygens (including phenoxy) is 3. The van der Waals surface area contributed by atoms with Gasteiger partial charge in [0.25, 0.3) is 0 Å². The quantitative estimate of drug-likeness (QED) is 0.0347. The van der Waals surface area contributed by atoms with E-state index >= 15 is 0 Å². The summed E-state index contributed by atoms with van der Waals surface area (Å²) in [6.07, 6.45) is 70.0. The number of rotatable bonds is 46. The Balaban J connectivity index is 4.39. The van der Waals surface area contributed by atoms with Gasteiger partial charge in [0.1, 0.15) is 6.61 Å². The Kier molecular flexibility index (Phi) is 49.5. The number of hydrogen-bond donors (Lipinski definition) is 0. The molecule has 0 N–H and O–H groups in total. The molecular weight excluding hydrogens is 765 g/mol. The van der Waals surface area contributed by atoms with Gasteiger partial charge in [0.15, 0.2) is 6.10 Å². The zero-order valence-corrected chi connectivity index (χ0v) is 40.6. The third-order valence-corrected chi connectivity index (χ3v) is 10.6. The molecule has 0 aromatic carbocycles. The summed E-state index contributed by atoms with van der Waals surface area (Å²) < 4.78 is 17.3. The second kappa shape index (κ2) is 52.2. The summed E-state index contributed by atoms with van der Waals surface area (Å²) in [7, 11) is 0. The van der Waals surface area contributed by atoms with E-state index in [1.54, 1.807) is 0 Å². The van der Waals surface area contributed by atoms with Crippen LogP contribution in [-0.4, -0.2) is 37.9 Å². The fourth-order valence-corrected chi connectivity index (χ4v) is 6.85. The van der Waals surface area contributed by atoms with Crippen LogP contribution in [0.4, 0.5) is 0 Å². The van der Waals surface area contributed by atoms with Crippen molar-refractivity contribution in [2.45, 2.75) is 232 Å². The largest absolute Gasteiger partial charge is 0.462 e. The van der Waals surface area contributed by atoms with Gasteiger partial charge in [-0.1, -0.05) is 221 Å². The molecule has 0 aliphatic rings. The monoisotopic (exact) mass is 861 g/mol. The molecule has 0 aromatic rings. The van der Waals surface area contributed by atoms with Gasteiger partial charge in [-0.3, -0.25) is 9.59 Å². The van der Waals surface area contributed by atoms with Gasteiger partial charge in [0.2, 0.25) is 0 Å². The average molecular weight is 861 g/mol. The number of carbonyl (C=O) groups excluding carboxylic acids is 2. The van der Waals surface area contributed by atoms with Crippen molar-refractivity contribution in [1.29, 1.82) is 0 Å². The molecule has 354 valence electrons.